The summed E-state index contributed by atoms with van der Waals surface area (Å²) in [5.74, 6) is 0.0719. The number of carbonyl (C=O) groups excluding carboxylic acids is 4. The predicted octanol–water partition coefficient (Wildman–Crippen LogP) is 2.69. The normalized spacial score (nSPS) is 23.3. The summed E-state index contributed by atoms with van der Waals surface area (Å²) >= 11 is 0. The van der Waals surface area contributed by atoms with E-state index in [9.17, 15) is 19.2 Å². The zero-order chi connectivity index (χ0) is 24.6. The smallest absolute Gasteiger partial charge is 0.242 e. The molecule has 1 atom stereocenters. The highest BCUT2D eigenvalue weighted by Crippen LogP contribution is 2.41. The summed E-state index contributed by atoms with van der Waals surface area (Å²) in [4.78, 5) is 56.5. The van der Waals surface area contributed by atoms with Gasteiger partial charge >= 0.3 is 0 Å². The molecule has 178 valence electrons. The molecule has 5 rings (SSSR count). The third-order valence-corrected chi connectivity index (χ3v) is 7.50. The number of rotatable bonds is 7. The molecular weight excluding hydrogens is 440 g/mol. The van der Waals surface area contributed by atoms with E-state index in [2.05, 4.69) is 6.07 Å². The minimum Gasteiger partial charge on any atom is -0.332 e. The number of Topliss-reactive ketones (excluding diaryl/α,β-unsaturated/α-hetero) is 2. The van der Waals surface area contributed by atoms with Crippen molar-refractivity contribution in [2.45, 2.75) is 32.2 Å². The average Bonchev–Trinajstić information content (AvgIpc) is 3.61. The number of amides is 2. The lowest BCUT2D eigenvalue weighted by molar-refractivity contribution is -0.150. The first kappa shape index (κ1) is 24.2. The first-order valence-electron chi connectivity index (χ1n) is 12.1. The lowest BCUT2D eigenvalue weighted by Crippen LogP contribution is -2.55. The Hall–Kier alpha value is -2.50. The predicted molar refractivity (Wildman–Crippen MR) is 129 cm³/mol. The first-order valence-corrected chi connectivity index (χ1v) is 12.1. The van der Waals surface area contributed by atoms with Gasteiger partial charge in [0.05, 0.1) is 18.0 Å². The van der Waals surface area contributed by atoms with Crippen molar-refractivity contribution in [2.24, 2.45) is 5.41 Å². The Morgan fingerprint density at radius 3 is 2.17 bits per heavy atom. The van der Waals surface area contributed by atoms with E-state index in [4.69, 9.17) is 0 Å². The Bertz CT molecular complexity index is 978. The van der Waals surface area contributed by atoms with Crippen LogP contribution >= 0.6 is 0 Å². The molecule has 1 aromatic carbocycles. The lowest BCUT2D eigenvalue weighted by Gasteiger charge is -2.44. The Kier molecular flexibility index (Phi) is 6.82. The van der Waals surface area contributed by atoms with E-state index in [1.165, 1.54) is 5.56 Å². The van der Waals surface area contributed by atoms with Crippen molar-refractivity contribution in [3.05, 3.63) is 98.6 Å². The molecule has 1 aromatic rings. The molecule has 2 heterocycles. The van der Waals surface area contributed by atoms with Gasteiger partial charge in [-0.1, -0.05) is 24.3 Å². The maximum atomic E-state index is 13.4. The standard InChI is InChI=1S/C29H28N2O4/c1-29(27(34)21-9-2-3-10-21,28(35)22-11-4-5-12-22)16-14-25(32)30-18-24-23-13-7-6-8-20(23)15-17-31(24)26(33)19-30/h2-13,24H,14-19H2,1H3. The average molecular weight is 469 g/mol. The number of hydrogen-bond donors (Lipinski definition) is 0. The minimum absolute atomic E-state index is 0.0110. The van der Waals surface area contributed by atoms with Crippen LogP contribution in [-0.2, 0) is 25.6 Å². The Morgan fingerprint density at radius 2 is 1.54 bits per heavy atom. The minimum atomic E-state index is -1.37. The summed E-state index contributed by atoms with van der Waals surface area (Å²) in [5, 5.41) is 0. The largest absolute Gasteiger partial charge is 0.332 e. The molecular formula is C29H28N2O4. The van der Waals surface area contributed by atoms with Gasteiger partial charge in [0.2, 0.25) is 11.8 Å². The van der Waals surface area contributed by atoms with E-state index >= 15 is 0 Å². The highest BCUT2D eigenvalue weighted by molar-refractivity contribution is 6.20. The van der Waals surface area contributed by atoms with Gasteiger partial charge in [-0.25, -0.2) is 0 Å². The van der Waals surface area contributed by atoms with E-state index in [0.717, 1.165) is 12.0 Å². The van der Waals surface area contributed by atoms with Gasteiger partial charge in [-0.2, -0.15) is 0 Å². The maximum absolute atomic E-state index is 13.4. The van der Waals surface area contributed by atoms with Crippen molar-refractivity contribution in [1.82, 2.24) is 9.80 Å². The molecule has 2 amide bonds. The number of fused-ring (bicyclic) bond motifs is 3. The summed E-state index contributed by atoms with van der Waals surface area (Å²) in [7, 11) is 0. The number of ketones is 2. The second-order valence-electron chi connectivity index (χ2n) is 9.66. The summed E-state index contributed by atoms with van der Waals surface area (Å²) in [6.07, 6.45) is 14.7. The first-order chi connectivity index (χ1) is 16.9. The molecule has 0 spiro atoms. The second kappa shape index (κ2) is 9.87. The molecule has 4 aliphatic rings. The van der Waals surface area contributed by atoms with Crippen LogP contribution < -0.4 is 0 Å². The molecule has 0 aromatic heterocycles. The summed E-state index contributed by atoms with van der Waals surface area (Å²) in [5.41, 5.74) is 0.929. The summed E-state index contributed by atoms with van der Waals surface area (Å²) in [6, 6.07) is 7.91. The van der Waals surface area contributed by atoms with Gasteiger partial charge in [-0.05, 0) is 82.3 Å². The van der Waals surface area contributed by atoms with Crippen LogP contribution in [0, 0.1) is 68.6 Å². The SMILES string of the molecule is CC(CCC(=O)N1CC(=O)N2CCc3ccccc3C2C1)(C(=O)[C]1[CH][CH][CH][CH]1)C(=O)[C]1[CH][CH][CH][CH]1. The Morgan fingerprint density at radius 1 is 0.943 bits per heavy atom. The number of nitrogens with zero attached hydrogens (tertiary/aromatic N) is 2. The highest BCUT2D eigenvalue weighted by atomic mass is 16.2. The van der Waals surface area contributed by atoms with Crippen molar-refractivity contribution in [3.63, 3.8) is 0 Å². The third-order valence-electron chi connectivity index (χ3n) is 7.50. The fourth-order valence-corrected chi connectivity index (χ4v) is 5.40. The van der Waals surface area contributed by atoms with Gasteiger partial charge in [-0.15, -0.1) is 0 Å². The Balaban J connectivity index is 1.31. The molecule has 35 heavy (non-hydrogen) atoms. The molecule has 0 bridgehead atoms. The van der Waals surface area contributed by atoms with Crippen LogP contribution in [0.2, 0.25) is 0 Å². The van der Waals surface area contributed by atoms with Gasteiger partial charge < -0.3 is 9.80 Å². The van der Waals surface area contributed by atoms with Crippen molar-refractivity contribution in [1.29, 1.82) is 0 Å². The molecule has 0 N–H and O–H groups in total. The van der Waals surface area contributed by atoms with E-state index < -0.39 is 5.41 Å². The number of hydrogen-bond acceptors (Lipinski definition) is 4. The van der Waals surface area contributed by atoms with Crippen LogP contribution in [0.5, 0.6) is 0 Å². The van der Waals surface area contributed by atoms with E-state index in [0.29, 0.717) is 24.9 Å². The molecule has 2 aliphatic carbocycles. The van der Waals surface area contributed by atoms with Crippen molar-refractivity contribution in [3.8, 4) is 0 Å². The number of benzene rings is 1. The van der Waals surface area contributed by atoms with Crippen LogP contribution in [0.3, 0.4) is 0 Å². The maximum Gasteiger partial charge on any atom is 0.242 e. The second-order valence-corrected chi connectivity index (χ2v) is 9.66. The van der Waals surface area contributed by atoms with E-state index in [1.54, 1.807) is 63.2 Å². The molecule has 2 saturated carbocycles. The van der Waals surface area contributed by atoms with E-state index in [-0.39, 0.29) is 48.8 Å². The lowest BCUT2D eigenvalue weighted by atomic mass is 9.69. The zero-order valence-corrected chi connectivity index (χ0v) is 19.8. The fraction of sp³-hybridized carbons (Fsp3) is 0.310. The van der Waals surface area contributed by atoms with Crippen LogP contribution in [-0.4, -0.2) is 52.8 Å². The third kappa shape index (κ3) is 4.56. The molecule has 6 heteroatoms. The molecule has 6 nitrogen and oxygen atoms in total. The molecule has 2 aliphatic heterocycles. The molecule has 1 saturated heterocycles. The van der Waals surface area contributed by atoms with Gasteiger partial charge in [-0.3, -0.25) is 19.2 Å². The zero-order valence-electron chi connectivity index (χ0n) is 19.8. The van der Waals surface area contributed by atoms with Crippen molar-refractivity contribution >= 4 is 23.4 Å². The summed E-state index contributed by atoms with van der Waals surface area (Å²) in [6.45, 7) is 2.74. The highest BCUT2D eigenvalue weighted by Gasteiger charge is 2.48. The monoisotopic (exact) mass is 468 g/mol. The Labute approximate surface area is 208 Å². The topological polar surface area (TPSA) is 74.8 Å². The van der Waals surface area contributed by atoms with Gasteiger partial charge in [0.15, 0.2) is 11.6 Å². The van der Waals surface area contributed by atoms with Gasteiger partial charge in [0, 0.05) is 31.3 Å². The molecule has 3 fully saturated rings. The van der Waals surface area contributed by atoms with Crippen molar-refractivity contribution in [2.75, 3.05) is 19.6 Å². The number of carbonyl (C=O) groups is 4. The van der Waals surface area contributed by atoms with Gasteiger partial charge in [0.25, 0.3) is 0 Å². The van der Waals surface area contributed by atoms with Crippen LogP contribution in [0.1, 0.15) is 36.9 Å². The quantitative estimate of drug-likeness (QED) is 0.577. The fourth-order valence-electron chi connectivity index (χ4n) is 5.40. The van der Waals surface area contributed by atoms with Crippen LogP contribution in [0.15, 0.2) is 24.3 Å². The summed E-state index contributed by atoms with van der Waals surface area (Å²) < 4.78 is 0. The number of piperazine rings is 1. The van der Waals surface area contributed by atoms with Gasteiger partial charge in [0.1, 0.15) is 0 Å². The van der Waals surface area contributed by atoms with E-state index in [1.807, 2.05) is 23.1 Å². The van der Waals surface area contributed by atoms with Crippen LogP contribution in [0.4, 0.5) is 0 Å². The van der Waals surface area contributed by atoms with Crippen molar-refractivity contribution < 1.29 is 19.2 Å². The molecule has 10 radical (unpaired) electrons. The molecule has 1 unspecified atom stereocenters. The van der Waals surface area contributed by atoms with Crippen LogP contribution in [0.25, 0.3) is 0 Å².